The van der Waals surface area contributed by atoms with Gasteiger partial charge < -0.3 is 24.7 Å². The van der Waals surface area contributed by atoms with Gasteiger partial charge >= 0.3 is 12.0 Å². The fraction of sp³-hybridized carbons (Fsp3) is 0.333. The van der Waals surface area contributed by atoms with Gasteiger partial charge in [-0.15, -0.1) is 0 Å². The molecule has 2 amide bonds. The van der Waals surface area contributed by atoms with Crippen molar-refractivity contribution in [3.8, 4) is 0 Å². The van der Waals surface area contributed by atoms with E-state index in [1.165, 1.54) is 22.3 Å². The molecular weight excluding hydrogens is 358 g/mol. The van der Waals surface area contributed by atoms with Gasteiger partial charge in [-0.3, -0.25) is 0 Å². The lowest BCUT2D eigenvalue weighted by molar-refractivity contribution is -0.911. The molecule has 1 aromatic heterocycles. The monoisotopic (exact) mass is 382 g/mol. The van der Waals surface area contributed by atoms with Crippen LogP contribution in [0.1, 0.15) is 29.9 Å². The number of fused-ring (bicyclic) bond motifs is 1. The summed E-state index contributed by atoms with van der Waals surface area (Å²) in [5, 5.41) is 5.61. The molecule has 0 aliphatic carbocycles. The van der Waals surface area contributed by atoms with E-state index < -0.39 is 12.0 Å². The first-order chi connectivity index (χ1) is 13.7. The highest BCUT2D eigenvalue weighted by Crippen LogP contribution is 2.27. The number of ether oxygens (including phenoxy) is 1. The predicted molar refractivity (Wildman–Crippen MR) is 101 cm³/mol. The van der Waals surface area contributed by atoms with Crippen molar-refractivity contribution in [3.63, 3.8) is 0 Å². The molecule has 0 fully saturated rings. The van der Waals surface area contributed by atoms with Crippen LogP contribution >= 0.6 is 0 Å². The molecule has 0 spiro atoms. The molecule has 0 radical (unpaired) electrons. The molecular formula is C21H24N3O4+. The number of carbonyl (C=O) groups excluding carboxylic acids is 2. The SMILES string of the molecule is CCOC(=O)C1=C(C[NH+]2CCc3ccccc3C2)NC(=O)N[C@H]1c1ccco1. The lowest BCUT2D eigenvalue weighted by atomic mass is 9.97. The highest BCUT2D eigenvalue weighted by molar-refractivity contribution is 5.95. The average molecular weight is 382 g/mol. The Balaban J connectivity index is 1.65. The van der Waals surface area contributed by atoms with E-state index in [2.05, 4.69) is 28.8 Å². The minimum atomic E-state index is -0.658. The van der Waals surface area contributed by atoms with E-state index in [-0.39, 0.29) is 12.6 Å². The Morgan fingerprint density at radius 2 is 2.07 bits per heavy atom. The van der Waals surface area contributed by atoms with Crippen LogP contribution in [0.15, 0.2) is 58.3 Å². The minimum absolute atomic E-state index is 0.262. The van der Waals surface area contributed by atoms with Gasteiger partial charge in [-0.05, 0) is 24.6 Å². The number of urea groups is 1. The number of furan rings is 1. The Morgan fingerprint density at radius 3 is 2.82 bits per heavy atom. The van der Waals surface area contributed by atoms with Crippen molar-refractivity contribution in [2.24, 2.45) is 0 Å². The van der Waals surface area contributed by atoms with Gasteiger partial charge in [-0.2, -0.15) is 0 Å². The quantitative estimate of drug-likeness (QED) is 0.676. The van der Waals surface area contributed by atoms with Crippen molar-refractivity contribution in [2.45, 2.75) is 25.9 Å². The molecule has 146 valence electrons. The van der Waals surface area contributed by atoms with Crippen molar-refractivity contribution in [3.05, 3.63) is 70.8 Å². The molecule has 1 aromatic carbocycles. The highest BCUT2D eigenvalue weighted by Gasteiger charge is 2.37. The van der Waals surface area contributed by atoms with E-state index in [9.17, 15) is 9.59 Å². The summed E-state index contributed by atoms with van der Waals surface area (Å²) in [6, 6.07) is 10.9. The zero-order valence-electron chi connectivity index (χ0n) is 15.8. The maximum absolute atomic E-state index is 12.7. The molecule has 1 unspecified atom stereocenters. The highest BCUT2D eigenvalue weighted by atomic mass is 16.5. The fourth-order valence-corrected chi connectivity index (χ4v) is 3.92. The van der Waals surface area contributed by atoms with Crippen LogP contribution in [-0.2, 0) is 22.5 Å². The second-order valence-electron chi connectivity index (χ2n) is 7.03. The van der Waals surface area contributed by atoms with Gasteiger partial charge in [0.25, 0.3) is 0 Å². The summed E-state index contributed by atoms with van der Waals surface area (Å²) in [5.41, 5.74) is 3.68. The third kappa shape index (κ3) is 3.66. The Hall–Kier alpha value is -3.06. The number of quaternary nitrogens is 1. The van der Waals surface area contributed by atoms with E-state index in [4.69, 9.17) is 9.15 Å². The smallest absolute Gasteiger partial charge is 0.338 e. The van der Waals surface area contributed by atoms with Gasteiger partial charge in [0.1, 0.15) is 24.9 Å². The molecule has 2 aromatic rings. The third-order valence-corrected chi connectivity index (χ3v) is 5.21. The number of benzene rings is 1. The molecule has 3 N–H and O–H groups in total. The minimum Gasteiger partial charge on any atom is -0.467 e. The van der Waals surface area contributed by atoms with E-state index in [0.29, 0.717) is 23.6 Å². The molecule has 7 heteroatoms. The zero-order chi connectivity index (χ0) is 19.5. The Kier molecular flexibility index (Phi) is 5.16. The van der Waals surface area contributed by atoms with Gasteiger partial charge in [-0.1, -0.05) is 24.3 Å². The van der Waals surface area contributed by atoms with Crippen molar-refractivity contribution in [1.82, 2.24) is 10.6 Å². The number of hydrogen-bond acceptors (Lipinski definition) is 4. The zero-order valence-corrected chi connectivity index (χ0v) is 15.8. The topological polar surface area (TPSA) is 85.0 Å². The summed E-state index contributed by atoms with van der Waals surface area (Å²) in [7, 11) is 0. The van der Waals surface area contributed by atoms with Gasteiger partial charge in [0, 0.05) is 12.0 Å². The molecule has 7 nitrogen and oxygen atoms in total. The maximum atomic E-state index is 12.7. The fourth-order valence-electron chi connectivity index (χ4n) is 3.92. The third-order valence-electron chi connectivity index (χ3n) is 5.21. The molecule has 2 aliphatic heterocycles. The first-order valence-electron chi connectivity index (χ1n) is 9.57. The van der Waals surface area contributed by atoms with Crippen molar-refractivity contribution < 1.29 is 23.6 Å². The molecule has 0 bridgehead atoms. The largest absolute Gasteiger partial charge is 0.467 e. The van der Waals surface area contributed by atoms with Gasteiger partial charge in [-0.25, -0.2) is 9.59 Å². The van der Waals surface area contributed by atoms with Crippen LogP contribution in [0.5, 0.6) is 0 Å². The van der Waals surface area contributed by atoms with Gasteiger partial charge in [0.05, 0.1) is 30.7 Å². The number of esters is 1. The first kappa shape index (κ1) is 18.3. The Morgan fingerprint density at radius 1 is 1.25 bits per heavy atom. The normalized spacial score (nSPS) is 21.5. The van der Waals surface area contributed by atoms with Crippen LogP contribution in [-0.4, -0.2) is 31.7 Å². The summed E-state index contributed by atoms with van der Waals surface area (Å²) in [6.07, 6.45) is 2.50. The molecule has 28 heavy (non-hydrogen) atoms. The second-order valence-corrected chi connectivity index (χ2v) is 7.03. The van der Waals surface area contributed by atoms with Crippen LogP contribution in [0.2, 0.25) is 0 Å². The summed E-state index contributed by atoms with van der Waals surface area (Å²) >= 11 is 0. The van der Waals surface area contributed by atoms with E-state index >= 15 is 0 Å². The molecule has 0 saturated heterocycles. The van der Waals surface area contributed by atoms with E-state index in [0.717, 1.165) is 19.5 Å². The summed E-state index contributed by atoms with van der Waals surface area (Å²) in [4.78, 5) is 26.3. The first-order valence-corrected chi connectivity index (χ1v) is 9.57. The van der Waals surface area contributed by atoms with Crippen molar-refractivity contribution in [1.29, 1.82) is 0 Å². The summed E-state index contributed by atoms with van der Waals surface area (Å²) in [5.74, 6) is 0.0672. The van der Waals surface area contributed by atoms with E-state index in [1.807, 2.05) is 6.07 Å². The van der Waals surface area contributed by atoms with Crippen LogP contribution in [0.4, 0.5) is 4.79 Å². The van der Waals surface area contributed by atoms with Gasteiger partial charge in [0.2, 0.25) is 0 Å². The van der Waals surface area contributed by atoms with Crippen molar-refractivity contribution in [2.75, 3.05) is 19.7 Å². The summed E-state index contributed by atoms with van der Waals surface area (Å²) in [6.45, 7) is 4.35. The molecule has 2 atom stereocenters. The lowest BCUT2D eigenvalue weighted by Gasteiger charge is -2.31. The molecule has 4 rings (SSSR count). The standard InChI is InChI=1S/C21H23N3O4/c1-2-27-20(25)18-16(22-21(26)23-19(18)17-8-5-11-28-17)13-24-10-9-14-6-3-4-7-15(14)12-24/h3-8,11,19H,2,9-10,12-13H2,1H3,(H2,22,23,26)/p+1/t19-/m0/s1. The predicted octanol–water partition coefficient (Wildman–Crippen LogP) is 1.09. The second kappa shape index (κ2) is 7.90. The van der Waals surface area contributed by atoms with Crippen LogP contribution < -0.4 is 15.5 Å². The average Bonchev–Trinajstić information content (AvgIpc) is 3.22. The Labute approximate surface area is 163 Å². The van der Waals surface area contributed by atoms with Crippen molar-refractivity contribution >= 4 is 12.0 Å². The number of hydrogen-bond donors (Lipinski definition) is 3. The molecule has 2 aliphatic rings. The van der Waals surface area contributed by atoms with Crippen LogP contribution in [0.3, 0.4) is 0 Å². The van der Waals surface area contributed by atoms with Crippen LogP contribution in [0.25, 0.3) is 0 Å². The van der Waals surface area contributed by atoms with Crippen LogP contribution in [0, 0.1) is 0 Å². The number of rotatable bonds is 5. The molecule has 0 saturated carbocycles. The maximum Gasteiger partial charge on any atom is 0.338 e. The number of carbonyl (C=O) groups is 2. The Bertz CT molecular complexity index is 904. The summed E-state index contributed by atoms with van der Waals surface area (Å²) < 4.78 is 10.8. The molecule has 3 heterocycles. The lowest BCUT2D eigenvalue weighted by Crippen LogP contribution is -3.12. The number of nitrogens with one attached hydrogen (secondary N) is 3. The van der Waals surface area contributed by atoms with Gasteiger partial charge in [0.15, 0.2) is 0 Å². The number of amides is 2. The van der Waals surface area contributed by atoms with E-state index in [1.54, 1.807) is 19.1 Å².